The minimum atomic E-state index is -0.589. The van der Waals surface area contributed by atoms with Gasteiger partial charge < -0.3 is 10.8 Å². The molecule has 0 bridgehead atoms. The molecule has 2 nitrogen and oxygen atoms in total. The molecule has 16 heavy (non-hydrogen) atoms. The van der Waals surface area contributed by atoms with Gasteiger partial charge in [-0.3, -0.25) is 0 Å². The fraction of sp³-hybridized carbons (Fsp3) is 1.00. The minimum Gasteiger partial charge on any atom is -0.388 e. The van der Waals surface area contributed by atoms with Gasteiger partial charge >= 0.3 is 0 Å². The fourth-order valence-electron chi connectivity index (χ4n) is 3.05. The van der Waals surface area contributed by atoms with E-state index in [1.807, 2.05) is 11.8 Å². The molecule has 0 aromatic carbocycles. The summed E-state index contributed by atoms with van der Waals surface area (Å²) >= 11 is 1.94. The highest BCUT2D eigenvalue weighted by Crippen LogP contribution is 2.47. The van der Waals surface area contributed by atoms with Crippen LogP contribution in [-0.4, -0.2) is 27.8 Å². The highest BCUT2D eigenvalue weighted by atomic mass is 32.2. The van der Waals surface area contributed by atoms with Crippen molar-refractivity contribution in [1.29, 1.82) is 0 Å². The molecular formula is C13H25NOS. The maximum Gasteiger partial charge on any atom is 0.0842 e. The van der Waals surface area contributed by atoms with E-state index in [1.54, 1.807) is 0 Å². The zero-order valence-electron chi connectivity index (χ0n) is 10.6. The Balaban J connectivity index is 2.07. The second-order valence-corrected chi connectivity index (χ2v) is 7.69. The van der Waals surface area contributed by atoms with Crippen molar-refractivity contribution in [3.05, 3.63) is 0 Å². The van der Waals surface area contributed by atoms with Crippen LogP contribution >= 0.6 is 11.8 Å². The molecule has 0 radical (unpaired) electrons. The van der Waals surface area contributed by atoms with Crippen molar-refractivity contribution in [2.24, 2.45) is 11.1 Å². The molecule has 3 heteroatoms. The number of aliphatic hydroxyl groups is 1. The predicted molar refractivity (Wildman–Crippen MR) is 70.7 cm³/mol. The second-order valence-electron chi connectivity index (χ2n) is 6.46. The lowest BCUT2D eigenvalue weighted by Gasteiger charge is -2.51. The molecule has 0 atom stereocenters. The van der Waals surface area contributed by atoms with Crippen LogP contribution < -0.4 is 5.73 Å². The standard InChI is InChI=1S/C13H25NOS/c1-11(2)3-5-12(14,6-4-11)13(15)7-9-16-10-8-13/h15H,3-10,14H2,1-2H3. The Labute approximate surface area is 103 Å². The summed E-state index contributed by atoms with van der Waals surface area (Å²) in [5, 5.41) is 10.8. The van der Waals surface area contributed by atoms with Gasteiger partial charge in [-0.15, -0.1) is 0 Å². The number of rotatable bonds is 1. The van der Waals surface area contributed by atoms with Crippen molar-refractivity contribution in [3.8, 4) is 0 Å². The molecule has 2 fully saturated rings. The average molecular weight is 243 g/mol. The molecule has 94 valence electrons. The third-order valence-electron chi connectivity index (χ3n) is 4.74. The van der Waals surface area contributed by atoms with Crippen molar-refractivity contribution >= 4 is 11.8 Å². The molecule has 0 unspecified atom stereocenters. The van der Waals surface area contributed by atoms with E-state index in [1.165, 1.54) is 0 Å². The lowest BCUT2D eigenvalue weighted by Crippen LogP contribution is -2.63. The van der Waals surface area contributed by atoms with Gasteiger partial charge in [0.25, 0.3) is 0 Å². The zero-order chi connectivity index (χ0) is 11.9. The summed E-state index contributed by atoms with van der Waals surface area (Å²) in [6.45, 7) is 4.63. The lowest BCUT2D eigenvalue weighted by atomic mass is 9.62. The van der Waals surface area contributed by atoms with E-state index in [0.29, 0.717) is 5.41 Å². The first kappa shape index (κ1) is 12.7. The third-order valence-corrected chi connectivity index (χ3v) is 5.73. The van der Waals surface area contributed by atoms with E-state index in [2.05, 4.69) is 13.8 Å². The van der Waals surface area contributed by atoms with Gasteiger partial charge in [0.05, 0.1) is 5.60 Å². The Hall–Kier alpha value is 0.270. The molecule has 0 aromatic heterocycles. The van der Waals surface area contributed by atoms with Crippen LogP contribution in [0.3, 0.4) is 0 Å². The van der Waals surface area contributed by atoms with Crippen LogP contribution in [-0.2, 0) is 0 Å². The monoisotopic (exact) mass is 243 g/mol. The Morgan fingerprint density at radius 1 is 0.938 bits per heavy atom. The first-order chi connectivity index (χ1) is 7.37. The smallest absolute Gasteiger partial charge is 0.0842 e. The summed E-state index contributed by atoms with van der Waals surface area (Å²) in [7, 11) is 0. The van der Waals surface area contributed by atoms with Gasteiger partial charge in [-0.25, -0.2) is 0 Å². The topological polar surface area (TPSA) is 46.2 Å². The zero-order valence-corrected chi connectivity index (χ0v) is 11.4. The summed E-state index contributed by atoms with van der Waals surface area (Å²) in [5.41, 5.74) is 6.04. The van der Waals surface area contributed by atoms with E-state index in [9.17, 15) is 5.11 Å². The number of hydrogen-bond acceptors (Lipinski definition) is 3. The highest BCUT2D eigenvalue weighted by Gasteiger charge is 2.50. The maximum atomic E-state index is 10.8. The van der Waals surface area contributed by atoms with E-state index >= 15 is 0 Å². The van der Waals surface area contributed by atoms with Crippen LogP contribution in [0.2, 0.25) is 0 Å². The first-order valence-electron chi connectivity index (χ1n) is 6.46. The van der Waals surface area contributed by atoms with E-state index in [-0.39, 0.29) is 5.54 Å². The van der Waals surface area contributed by atoms with Crippen molar-refractivity contribution in [1.82, 2.24) is 0 Å². The van der Waals surface area contributed by atoms with Gasteiger partial charge in [-0.05, 0) is 55.4 Å². The lowest BCUT2D eigenvalue weighted by molar-refractivity contribution is -0.0695. The molecule has 2 rings (SSSR count). The van der Waals surface area contributed by atoms with Crippen LogP contribution in [0, 0.1) is 5.41 Å². The molecule has 1 aliphatic heterocycles. The van der Waals surface area contributed by atoms with Gasteiger partial charge in [0.2, 0.25) is 0 Å². The summed E-state index contributed by atoms with van der Waals surface area (Å²) in [6, 6.07) is 0. The maximum absolute atomic E-state index is 10.8. The summed E-state index contributed by atoms with van der Waals surface area (Å²) < 4.78 is 0. The van der Waals surface area contributed by atoms with Crippen molar-refractivity contribution in [2.75, 3.05) is 11.5 Å². The third kappa shape index (κ3) is 2.27. The minimum absolute atomic E-state index is 0.316. The Morgan fingerprint density at radius 3 is 1.94 bits per heavy atom. The normalized spacial score (nSPS) is 32.2. The van der Waals surface area contributed by atoms with Crippen LogP contribution in [0.15, 0.2) is 0 Å². The molecule has 2 aliphatic rings. The molecule has 0 amide bonds. The molecule has 1 aliphatic carbocycles. The first-order valence-corrected chi connectivity index (χ1v) is 7.62. The average Bonchev–Trinajstić information content (AvgIpc) is 2.24. The summed E-state index contributed by atoms with van der Waals surface area (Å²) in [5.74, 6) is 2.14. The van der Waals surface area contributed by atoms with Gasteiger partial charge in [0.1, 0.15) is 0 Å². The van der Waals surface area contributed by atoms with E-state index in [0.717, 1.165) is 50.0 Å². The molecule has 1 saturated carbocycles. The Morgan fingerprint density at radius 2 is 1.44 bits per heavy atom. The van der Waals surface area contributed by atoms with Crippen LogP contribution in [0.4, 0.5) is 0 Å². The van der Waals surface area contributed by atoms with Crippen molar-refractivity contribution in [2.45, 2.75) is 63.5 Å². The van der Waals surface area contributed by atoms with E-state index in [4.69, 9.17) is 5.73 Å². The molecule has 3 N–H and O–H groups in total. The molecule has 0 spiro atoms. The quantitative estimate of drug-likeness (QED) is 0.744. The molecule has 1 saturated heterocycles. The van der Waals surface area contributed by atoms with E-state index < -0.39 is 5.60 Å². The molecular weight excluding hydrogens is 218 g/mol. The van der Waals surface area contributed by atoms with Crippen LogP contribution in [0.25, 0.3) is 0 Å². The van der Waals surface area contributed by atoms with Gasteiger partial charge in [-0.1, -0.05) is 13.8 Å². The van der Waals surface area contributed by atoms with Crippen LogP contribution in [0.1, 0.15) is 52.4 Å². The number of hydrogen-bond donors (Lipinski definition) is 2. The van der Waals surface area contributed by atoms with Gasteiger partial charge in [0, 0.05) is 5.54 Å². The SMILES string of the molecule is CC1(C)CCC(N)(C2(O)CCSCC2)CC1. The largest absolute Gasteiger partial charge is 0.388 e. The Kier molecular flexibility index (Phi) is 3.32. The highest BCUT2D eigenvalue weighted by molar-refractivity contribution is 7.99. The number of nitrogens with two attached hydrogens (primary N) is 1. The van der Waals surface area contributed by atoms with Crippen molar-refractivity contribution < 1.29 is 5.11 Å². The number of thioether (sulfide) groups is 1. The Bertz CT molecular complexity index is 249. The summed E-state index contributed by atoms with van der Waals surface area (Å²) in [6.07, 6.45) is 6.05. The van der Waals surface area contributed by atoms with Gasteiger partial charge in [-0.2, -0.15) is 11.8 Å². The molecule has 0 aromatic rings. The second kappa shape index (κ2) is 4.18. The van der Waals surface area contributed by atoms with Crippen molar-refractivity contribution in [3.63, 3.8) is 0 Å². The predicted octanol–water partition coefficient (Wildman–Crippen LogP) is 2.54. The van der Waals surface area contributed by atoms with Crippen LogP contribution in [0.5, 0.6) is 0 Å². The summed E-state index contributed by atoms with van der Waals surface area (Å²) in [4.78, 5) is 0. The fourth-order valence-corrected chi connectivity index (χ4v) is 4.21. The van der Waals surface area contributed by atoms with Gasteiger partial charge in [0.15, 0.2) is 0 Å². The molecule has 1 heterocycles.